The maximum Gasteiger partial charge on any atom is 0.433 e. The zero-order valence-corrected chi connectivity index (χ0v) is 20.3. The van der Waals surface area contributed by atoms with Crippen molar-refractivity contribution in [1.29, 1.82) is 0 Å². The molecule has 0 saturated carbocycles. The molecular formula is C26H35F3N4O2. The van der Waals surface area contributed by atoms with E-state index in [0.29, 0.717) is 26.2 Å². The third-order valence-electron chi connectivity index (χ3n) is 7.22. The molecule has 0 spiro atoms. The Hall–Kier alpha value is -2.20. The van der Waals surface area contributed by atoms with Crippen LogP contribution >= 0.6 is 0 Å². The second kappa shape index (κ2) is 11.2. The fourth-order valence-electron chi connectivity index (χ4n) is 5.17. The number of benzene rings is 1. The maximum atomic E-state index is 13.4. The second-order valence-corrected chi connectivity index (χ2v) is 9.48. The molecule has 3 heterocycles. The van der Waals surface area contributed by atoms with Crippen molar-refractivity contribution in [3.63, 3.8) is 0 Å². The number of aromatic nitrogens is 1. The molecule has 2 aliphatic rings. The lowest BCUT2D eigenvalue weighted by Gasteiger charge is -2.52. The van der Waals surface area contributed by atoms with Gasteiger partial charge in [0.15, 0.2) is 0 Å². The summed E-state index contributed by atoms with van der Waals surface area (Å²) in [5.74, 6) is 0.155. The molecule has 0 aliphatic carbocycles. The summed E-state index contributed by atoms with van der Waals surface area (Å²) in [7, 11) is 0. The molecule has 35 heavy (non-hydrogen) atoms. The largest absolute Gasteiger partial charge is 0.433 e. The van der Waals surface area contributed by atoms with Crippen molar-refractivity contribution in [3.8, 4) is 0 Å². The van der Waals surface area contributed by atoms with Crippen molar-refractivity contribution in [2.45, 2.75) is 50.7 Å². The van der Waals surface area contributed by atoms with E-state index in [4.69, 9.17) is 4.74 Å². The highest BCUT2D eigenvalue weighted by molar-refractivity contribution is 5.41. The third-order valence-corrected chi connectivity index (χ3v) is 7.22. The molecule has 0 amide bonds. The average molecular weight is 493 g/mol. The molecule has 192 valence electrons. The van der Waals surface area contributed by atoms with Gasteiger partial charge in [0.2, 0.25) is 0 Å². The smallest absolute Gasteiger partial charge is 0.381 e. The summed E-state index contributed by atoms with van der Waals surface area (Å²) >= 11 is 0. The summed E-state index contributed by atoms with van der Waals surface area (Å²) in [6, 6.07) is 14.3. The van der Waals surface area contributed by atoms with Gasteiger partial charge in [-0.2, -0.15) is 13.2 Å². The van der Waals surface area contributed by atoms with Gasteiger partial charge in [-0.1, -0.05) is 43.3 Å². The lowest BCUT2D eigenvalue weighted by atomic mass is 9.86. The number of anilines is 1. The summed E-state index contributed by atoms with van der Waals surface area (Å²) in [4.78, 5) is 10.4. The first kappa shape index (κ1) is 25.9. The zero-order chi connectivity index (χ0) is 24.9. The van der Waals surface area contributed by atoms with E-state index >= 15 is 0 Å². The lowest BCUT2D eigenvalue weighted by molar-refractivity contribution is -0.141. The van der Waals surface area contributed by atoms with E-state index < -0.39 is 18.1 Å². The number of ether oxygens (including phenoxy) is 1. The number of rotatable bonds is 8. The van der Waals surface area contributed by atoms with E-state index in [-0.39, 0.29) is 11.4 Å². The number of halogens is 3. The first-order chi connectivity index (χ1) is 16.8. The van der Waals surface area contributed by atoms with Gasteiger partial charge in [0, 0.05) is 58.0 Å². The predicted molar refractivity (Wildman–Crippen MR) is 129 cm³/mol. The van der Waals surface area contributed by atoms with Crippen LogP contribution < -0.4 is 4.90 Å². The molecule has 1 aromatic heterocycles. The summed E-state index contributed by atoms with van der Waals surface area (Å²) in [6.07, 6.45) is -3.56. The minimum absolute atomic E-state index is 0.155. The fourth-order valence-corrected chi connectivity index (χ4v) is 5.17. The molecule has 0 radical (unpaired) electrons. The van der Waals surface area contributed by atoms with Crippen LogP contribution in [0.2, 0.25) is 0 Å². The molecule has 1 N–H and O–H groups in total. The summed E-state index contributed by atoms with van der Waals surface area (Å²) in [5, 5.41) is 10.9. The van der Waals surface area contributed by atoms with Crippen molar-refractivity contribution < 1.29 is 23.0 Å². The van der Waals surface area contributed by atoms with Gasteiger partial charge in [-0.3, -0.25) is 9.80 Å². The topological polar surface area (TPSA) is 52.1 Å². The van der Waals surface area contributed by atoms with Crippen LogP contribution in [0.25, 0.3) is 0 Å². The lowest BCUT2D eigenvalue weighted by Crippen LogP contribution is -2.64. The minimum atomic E-state index is -4.54. The molecule has 2 saturated heterocycles. The van der Waals surface area contributed by atoms with Crippen molar-refractivity contribution >= 4 is 5.82 Å². The first-order valence-corrected chi connectivity index (χ1v) is 12.4. The standard InChI is InChI=1S/C26H35F3N4O2/c1-2-24(34)33(23-10-6-9-22(30-23)26(27,28)29)20-25(11-17-35-18-12-25)32-15-13-31(14-16-32)19-21-7-4-3-5-8-21/h3-10,24,34H,2,11-20H2,1H3. The molecule has 1 aromatic carbocycles. The number of alkyl halides is 3. The van der Waals surface area contributed by atoms with Crippen LogP contribution in [0.3, 0.4) is 0 Å². The summed E-state index contributed by atoms with van der Waals surface area (Å²) in [6.45, 7) is 7.86. The highest BCUT2D eigenvalue weighted by Crippen LogP contribution is 2.34. The molecular weight excluding hydrogens is 457 g/mol. The van der Waals surface area contributed by atoms with E-state index in [1.54, 1.807) is 11.0 Å². The number of aliphatic hydroxyl groups is 1. The Kier molecular flexibility index (Phi) is 8.31. The molecule has 4 rings (SSSR count). The number of piperazine rings is 1. The fraction of sp³-hybridized carbons (Fsp3) is 0.577. The monoisotopic (exact) mass is 492 g/mol. The van der Waals surface area contributed by atoms with Crippen molar-refractivity contribution in [2.24, 2.45) is 0 Å². The quantitative estimate of drug-likeness (QED) is 0.563. The normalized spacial score (nSPS) is 20.5. The molecule has 2 aliphatic heterocycles. The van der Waals surface area contributed by atoms with E-state index in [9.17, 15) is 18.3 Å². The van der Waals surface area contributed by atoms with Gasteiger partial charge < -0.3 is 14.7 Å². The van der Waals surface area contributed by atoms with Gasteiger partial charge in [-0.25, -0.2) is 4.98 Å². The van der Waals surface area contributed by atoms with E-state index in [0.717, 1.165) is 51.6 Å². The van der Waals surface area contributed by atoms with Crippen molar-refractivity contribution in [3.05, 3.63) is 59.8 Å². The van der Waals surface area contributed by atoms with Gasteiger partial charge >= 0.3 is 6.18 Å². The van der Waals surface area contributed by atoms with Crippen LogP contribution in [0, 0.1) is 0 Å². The van der Waals surface area contributed by atoms with Crippen LogP contribution in [0.4, 0.5) is 19.0 Å². The number of hydrogen-bond acceptors (Lipinski definition) is 6. The van der Waals surface area contributed by atoms with Gasteiger partial charge in [0.1, 0.15) is 17.7 Å². The summed E-state index contributed by atoms with van der Waals surface area (Å²) in [5.41, 5.74) is 0.0387. The van der Waals surface area contributed by atoms with E-state index in [1.807, 2.05) is 13.0 Å². The van der Waals surface area contributed by atoms with Crippen LogP contribution in [0.15, 0.2) is 48.5 Å². The van der Waals surface area contributed by atoms with Crippen molar-refractivity contribution in [1.82, 2.24) is 14.8 Å². The van der Waals surface area contributed by atoms with Crippen LogP contribution in [-0.4, -0.2) is 77.6 Å². The van der Waals surface area contributed by atoms with Gasteiger partial charge in [0.05, 0.1) is 0 Å². The SMILES string of the molecule is CCC(O)N(CC1(N2CCN(Cc3ccccc3)CC2)CCOCC1)c1cccc(C(F)(F)F)n1. The Balaban J connectivity index is 1.53. The van der Waals surface area contributed by atoms with Gasteiger partial charge in [-0.15, -0.1) is 0 Å². The Morgan fingerprint density at radius 3 is 2.34 bits per heavy atom. The number of pyridine rings is 1. The van der Waals surface area contributed by atoms with E-state index in [1.165, 1.54) is 11.6 Å². The Labute approximate surface area is 205 Å². The molecule has 2 fully saturated rings. The molecule has 1 unspecified atom stereocenters. The van der Waals surface area contributed by atoms with E-state index in [2.05, 4.69) is 39.0 Å². The molecule has 0 bridgehead atoms. The highest BCUT2D eigenvalue weighted by atomic mass is 19.4. The Morgan fingerprint density at radius 2 is 1.71 bits per heavy atom. The third kappa shape index (κ3) is 6.33. The molecule has 1 atom stereocenters. The Bertz CT molecular complexity index is 930. The second-order valence-electron chi connectivity index (χ2n) is 9.48. The molecule has 2 aromatic rings. The van der Waals surface area contributed by atoms with Gasteiger partial charge in [-0.05, 0) is 37.0 Å². The zero-order valence-electron chi connectivity index (χ0n) is 20.3. The van der Waals surface area contributed by atoms with Crippen molar-refractivity contribution in [2.75, 3.05) is 50.8 Å². The number of aliphatic hydroxyl groups excluding tert-OH is 1. The molecule has 6 nitrogen and oxygen atoms in total. The summed E-state index contributed by atoms with van der Waals surface area (Å²) < 4.78 is 45.7. The van der Waals surface area contributed by atoms with Gasteiger partial charge in [0.25, 0.3) is 0 Å². The van der Waals surface area contributed by atoms with Crippen LogP contribution in [-0.2, 0) is 17.5 Å². The minimum Gasteiger partial charge on any atom is -0.381 e. The van der Waals surface area contributed by atoms with Crippen LogP contribution in [0.1, 0.15) is 37.4 Å². The first-order valence-electron chi connectivity index (χ1n) is 12.4. The average Bonchev–Trinajstić information content (AvgIpc) is 2.88. The highest BCUT2D eigenvalue weighted by Gasteiger charge is 2.43. The maximum absolute atomic E-state index is 13.4. The van der Waals surface area contributed by atoms with Crippen LogP contribution in [0.5, 0.6) is 0 Å². The molecule has 9 heteroatoms. The number of nitrogens with zero attached hydrogens (tertiary/aromatic N) is 4. The Morgan fingerprint density at radius 1 is 1.03 bits per heavy atom. The predicted octanol–water partition coefficient (Wildman–Crippen LogP) is 4.00. The number of hydrogen-bond donors (Lipinski definition) is 1.